The van der Waals surface area contributed by atoms with E-state index >= 15 is 0 Å². The van der Waals surface area contributed by atoms with Crippen molar-refractivity contribution in [1.29, 1.82) is 0 Å². The van der Waals surface area contributed by atoms with E-state index in [0.29, 0.717) is 22.5 Å². The molecule has 0 aliphatic carbocycles. The first kappa shape index (κ1) is 13.8. The van der Waals surface area contributed by atoms with Gasteiger partial charge in [-0.15, -0.1) is 0 Å². The van der Waals surface area contributed by atoms with Crippen molar-refractivity contribution >= 4 is 23.2 Å². The van der Waals surface area contributed by atoms with Crippen LogP contribution in [-0.4, -0.2) is 18.3 Å². The molecule has 0 bridgehead atoms. The van der Waals surface area contributed by atoms with Gasteiger partial charge in [-0.1, -0.05) is 36.2 Å². The minimum atomic E-state index is 0.220. The molecule has 1 unspecified atom stereocenters. The minimum Gasteiger partial charge on any atom is -0.396 e. The van der Waals surface area contributed by atoms with E-state index in [-0.39, 0.29) is 6.61 Å². The summed E-state index contributed by atoms with van der Waals surface area (Å²) >= 11 is 11.8. The third-order valence-corrected chi connectivity index (χ3v) is 3.19. The van der Waals surface area contributed by atoms with E-state index in [0.717, 1.165) is 18.5 Å². The maximum absolute atomic E-state index is 9.03. The van der Waals surface area contributed by atoms with Crippen LogP contribution in [-0.2, 0) is 6.54 Å². The van der Waals surface area contributed by atoms with Crippen LogP contribution in [0, 0.1) is 5.92 Å². The van der Waals surface area contributed by atoms with Gasteiger partial charge in [0.15, 0.2) is 0 Å². The van der Waals surface area contributed by atoms with Gasteiger partial charge in [-0.2, -0.15) is 0 Å². The normalized spacial score (nSPS) is 12.8. The van der Waals surface area contributed by atoms with Gasteiger partial charge < -0.3 is 10.4 Å². The van der Waals surface area contributed by atoms with Crippen LogP contribution >= 0.6 is 23.2 Å². The van der Waals surface area contributed by atoms with Crippen LogP contribution in [0.5, 0.6) is 0 Å². The highest BCUT2D eigenvalue weighted by molar-refractivity contribution is 6.35. The molecule has 1 aromatic rings. The first-order valence-electron chi connectivity index (χ1n) is 5.42. The largest absolute Gasteiger partial charge is 0.396 e. The molecule has 4 heteroatoms. The molecule has 0 amide bonds. The van der Waals surface area contributed by atoms with Crippen LogP contribution < -0.4 is 5.32 Å². The topological polar surface area (TPSA) is 32.3 Å². The van der Waals surface area contributed by atoms with E-state index in [2.05, 4.69) is 12.2 Å². The molecule has 2 nitrogen and oxygen atoms in total. The lowest BCUT2D eigenvalue weighted by Crippen LogP contribution is -2.24. The number of hydrogen-bond donors (Lipinski definition) is 2. The van der Waals surface area contributed by atoms with Crippen LogP contribution in [0.2, 0.25) is 10.0 Å². The zero-order valence-corrected chi connectivity index (χ0v) is 10.9. The standard InChI is InChI=1S/C12H17Cl2NO/c1-2-9(8-16)6-15-7-10-3-4-11(13)5-12(10)14/h3-5,9,15-16H,2,6-8H2,1H3. The SMILES string of the molecule is CCC(CO)CNCc1ccc(Cl)cc1Cl. The molecule has 0 heterocycles. The number of halogens is 2. The summed E-state index contributed by atoms with van der Waals surface area (Å²) in [5, 5.41) is 13.6. The van der Waals surface area contributed by atoms with Gasteiger partial charge in [-0.25, -0.2) is 0 Å². The van der Waals surface area contributed by atoms with Crippen molar-refractivity contribution in [1.82, 2.24) is 5.32 Å². The number of hydrogen-bond acceptors (Lipinski definition) is 2. The van der Waals surface area contributed by atoms with Crippen molar-refractivity contribution < 1.29 is 5.11 Å². The molecule has 0 aliphatic rings. The Labute approximate surface area is 107 Å². The first-order chi connectivity index (χ1) is 7.67. The zero-order chi connectivity index (χ0) is 12.0. The summed E-state index contributed by atoms with van der Waals surface area (Å²) in [5.41, 5.74) is 1.03. The van der Waals surface area contributed by atoms with Crippen LogP contribution in [0.4, 0.5) is 0 Å². The molecule has 0 aromatic heterocycles. The van der Waals surface area contributed by atoms with Gasteiger partial charge in [-0.3, -0.25) is 0 Å². The molecular formula is C12H17Cl2NO. The summed E-state index contributed by atoms with van der Waals surface area (Å²) in [4.78, 5) is 0. The van der Waals surface area contributed by atoms with Crippen molar-refractivity contribution in [3.63, 3.8) is 0 Å². The van der Waals surface area contributed by atoms with E-state index in [1.807, 2.05) is 12.1 Å². The highest BCUT2D eigenvalue weighted by atomic mass is 35.5. The number of aliphatic hydroxyl groups is 1. The third kappa shape index (κ3) is 4.30. The summed E-state index contributed by atoms with van der Waals surface area (Å²) in [7, 11) is 0. The first-order valence-corrected chi connectivity index (χ1v) is 6.18. The van der Waals surface area contributed by atoms with E-state index in [1.54, 1.807) is 6.07 Å². The van der Waals surface area contributed by atoms with Gasteiger partial charge >= 0.3 is 0 Å². The fourth-order valence-electron chi connectivity index (χ4n) is 1.41. The van der Waals surface area contributed by atoms with Crippen LogP contribution in [0.15, 0.2) is 18.2 Å². The van der Waals surface area contributed by atoms with Gasteiger partial charge in [0.1, 0.15) is 0 Å². The Morgan fingerprint density at radius 3 is 2.69 bits per heavy atom. The fraction of sp³-hybridized carbons (Fsp3) is 0.500. The maximum Gasteiger partial charge on any atom is 0.0471 e. The Kier molecular flexibility index (Phi) is 6.14. The van der Waals surface area contributed by atoms with Gasteiger partial charge in [0.05, 0.1) is 0 Å². The Morgan fingerprint density at radius 1 is 1.38 bits per heavy atom. The van der Waals surface area contributed by atoms with E-state index in [9.17, 15) is 0 Å². The smallest absolute Gasteiger partial charge is 0.0471 e. The van der Waals surface area contributed by atoms with Gasteiger partial charge in [0.2, 0.25) is 0 Å². The molecule has 1 atom stereocenters. The molecule has 0 spiro atoms. The van der Waals surface area contributed by atoms with Crippen molar-refractivity contribution in [3.05, 3.63) is 33.8 Å². The maximum atomic E-state index is 9.03. The molecule has 90 valence electrons. The Hall–Kier alpha value is -0.280. The lowest BCUT2D eigenvalue weighted by atomic mass is 10.1. The third-order valence-electron chi connectivity index (χ3n) is 2.60. The van der Waals surface area contributed by atoms with Crippen LogP contribution in [0.25, 0.3) is 0 Å². The fourth-order valence-corrected chi connectivity index (χ4v) is 1.89. The van der Waals surface area contributed by atoms with E-state index in [1.165, 1.54) is 0 Å². The second kappa shape index (κ2) is 7.13. The molecular weight excluding hydrogens is 245 g/mol. The summed E-state index contributed by atoms with van der Waals surface area (Å²) < 4.78 is 0. The highest BCUT2D eigenvalue weighted by Gasteiger charge is 2.05. The van der Waals surface area contributed by atoms with Crippen LogP contribution in [0.3, 0.4) is 0 Å². The zero-order valence-electron chi connectivity index (χ0n) is 9.34. The molecule has 0 saturated heterocycles. The number of nitrogens with one attached hydrogen (secondary N) is 1. The number of aliphatic hydroxyl groups excluding tert-OH is 1. The summed E-state index contributed by atoms with van der Waals surface area (Å²) in [6.07, 6.45) is 0.970. The molecule has 16 heavy (non-hydrogen) atoms. The number of rotatable bonds is 6. The van der Waals surface area contributed by atoms with Gasteiger partial charge in [-0.05, 0) is 30.0 Å². The molecule has 0 radical (unpaired) electrons. The highest BCUT2D eigenvalue weighted by Crippen LogP contribution is 2.20. The minimum absolute atomic E-state index is 0.220. The lowest BCUT2D eigenvalue weighted by molar-refractivity contribution is 0.218. The average molecular weight is 262 g/mol. The Morgan fingerprint density at radius 2 is 2.12 bits per heavy atom. The Balaban J connectivity index is 2.42. The summed E-state index contributed by atoms with van der Waals surface area (Å²) in [5.74, 6) is 0.311. The average Bonchev–Trinajstić information content (AvgIpc) is 2.27. The van der Waals surface area contributed by atoms with E-state index < -0.39 is 0 Å². The quantitative estimate of drug-likeness (QED) is 0.825. The van der Waals surface area contributed by atoms with Crippen molar-refractivity contribution in [2.24, 2.45) is 5.92 Å². The van der Waals surface area contributed by atoms with Crippen molar-refractivity contribution in [2.45, 2.75) is 19.9 Å². The van der Waals surface area contributed by atoms with Crippen molar-refractivity contribution in [2.75, 3.05) is 13.2 Å². The molecule has 1 aromatic carbocycles. The molecule has 0 fully saturated rings. The molecule has 0 aliphatic heterocycles. The van der Waals surface area contributed by atoms with Gasteiger partial charge in [0, 0.05) is 29.7 Å². The van der Waals surface area contributed by atoms with Crippen molar-refractivity contribution in [3.8, 4) is 0 Å². The molecule has 2 N–H and O–H groups in total. The summed E-state index contributed by atoms with van der Waals surface area (Å²) in [6.45, 7) is 3.79. The lowest BCUT2D eigenvalue weighted by Gasteiger charge is -2.13. The van der Waals surface area contributed by atoms with Crippen LogP contribution in [0.1, 0.15) is 18.9 Å². The monoisotopic (exact) mass is 261 g/mol. The Bertz CT molecular complexity index is 327. The summed E-state index contributed by atoms with van der Waals surface area (Å²) in [6, 6.07) is 5.48. The number of benzene rings is 1. The molecule has 0 saturated carbocycles. The predicted molar refractivity (Wildman–Crippen MR) is 69.0 cm³/mol. The predicted octanol–water partition coefficient (Wildman–Crippen LogP) is 3.10. The van der Waals surface area contributed by atoms with Gasteiger partial charge in [0.25, 0.3) is 0 Å². The molecule has 1 rings (SSSR count). The van der Waals surface area contributed by atoms with E-state index in [4.69, 9.17) is 28.3 Å². The second-order valence-electron chi connectivity index (χ2n) is 3.82. The second-order valence-corrected chi connectivity index (χ2v) is 4.67.